The largest absolute Gasteiger partial charge is 0.479 e. The summed E-state index contributed by atoms with van der Waals surface area (Å²) in [6.07, 6.45) is 1.98. The molecule has 4 rings (SSSR count). The van der Waals surface area contributed by atoms with Gasteiger partial charge in [-0.1, -0.05) is 48.5 Å². The molecule has 2 aromatic carbocycles. The van der Waals surface area contributed by atoms with E-state index >= 15 is 0 Å². The van der Waals surface area contributed by atoms with Crippen LogP contribution in [0.15, 0.2) is 67.0 Å². The van der Waals surface area contributed by atoms with Crippen LogP contribution in [0, 0.1) is 5.92 Å². The molecule has 0 aliphatic heterocycles. The molecule has 0 fully saturated rings. The van der Waals surface area contributed by atoms with Gasteiger partial charge in [-0.15, -0.1) is 0 Å². The smallest absolute Gasteiger partial charge is 0.459 e. The summed E-state index contributed by atoms with van der Waals surface area (Å²) in [5, 5.41) is 12.7. The zero-order valence-electron chi connectivity index (χ0n) is 22.8. The lowest BCUT2D eigenvalue weighted by atomic mass is 10.1. The van der Waals surface area contributed by atoms with Crippen LogP contribution in [0.25, 0.3) is 11.2 Å². The van der Waals surface area contributed by atoms with Crippen LogP contribution in [-0.4, -0.2) is 57.0 Å². The molecule has 0 amide bonds. The first-order valence-electron chi connectivity index (χ1n) is 12.9. The summed E-state index contributed by atoms with van der Waals surface area (Å²) in [5.74, 6) is -0.487. The zero-order valence-corrected chi connectivity index (χ0v) is 23.6. The number of rotatable bonds is 15. The van der Waals surface area contributed by atoms with Crippen LogP contribution < -0.4 is 20.1 Å². The summed E-state index contributed by atoms with van der Waals surface area (Å²) in [6.45, 7) is 1.57. The van der Waals surface area contributed by atoms with Gasteiger partial charge in [0.1, 0.15) is 18.4 Å². The summed E-state index contributed by atoms with van der Waals surface area (Å²) < 4.78 is 37.6. The van der Waals surface area contributed by atoms with Gasteiger partial charge >= 0.3 is 13.7 Å². The van der Waals surface area contributed by atoms with Crippen molar-refractivity contribution in [2.75, 3.05) is 26.1 Å². The van der Waals surface area contributed by atoms with Crippen LogP contribution in [0.5, 0.6) is 11.6 Å². The third kappa shape index (κ3) is 8.24. The molecule has 13 nitrogen and oxygen atoms in total. The van der Waals surface area contributed by atoms with Gasteiger partial charge in [0.2, 0.25) is 11.8 Å². The maximum absolute atomic E-state index is 13.8. The highest BCUT2D eigenvalue weighted by Gasteiger charge is 2.33. The number of para-hydroxylation sites is 1. The van der Waals surface area contributed by atoms with E-state index in [1.54, 1.807) is 41.2 Å². The summed E-state index contributed by atoms with van der Waals surface area (Å²) in [4.78, 5) is 25.2. The van der Waals surface area contributed by atoms with Crippen molar-refractivity contribution in [1.82, 2.24) is 24.6 Å². The highest BCUT2D eigenvalue weighted by Crippen LogP contribution is 2.45. The van der Waals surface area contributed by atoms with Gasteiger partial charge in [0.25, 0.3) is 0 Å². The summed E-state index contributed by atoms with van der Waals surface area (Å²) in [5.41, 5.74) is 7.54. The number of aliphatic hydroxyl groups excluding tert-OH is 1. The Morgan fingerprint density at radius 2 is 1.83 bits per heavy atom. The Balaban J connectivity index is 1.41. The molecular formula is C27H33N6O7P. The number of nitrogens with one attached hydrogen (secondary N) is 1. The van der Waals surface area contributed by atoms with Gasteiger partial charge in [-0.05, 0) is 31.0 Å². The van der Waals surface area contributed by atoms with Crippen LogP contribution >= 0.6 is 7.75 Å². The van der Waals surface area contributed by atoms with Crippen molar-refractivity contribution in [3.05, 3.63) is 72.6 Å². The molecule has 0 radical (unpaired) electrons. The molecule has 0 spiro atoms. The number of anilines is 1. The van der Waals surface area contributed by atoms with Crippen LogP contribution in [0.3, 0.4) is 0 Å². The number of nitrogens with zero attached hydrogens (tertiary/aromatic N) is 4. The lowest BCUT2D eigenvalue weighted by Gasteiger charge is -2.24. The van der Waals surface area contributed by atoms with Crippen LogP contribution in [-0.2, 0) is 31.8 Å². The van der Waals surface area contributed by atoms with Crippen molar-refractivity contribution in [3.63, 3.8) is 0 Å². The third-order valence-electron chi connectivity index (χ3n) is 6.06. The van der Waals surface area contributed by atoms with E-state index in [0.717, 1.165) is 5.56 Å². The second-order valence-corrected chi connectivity index (χ2v) is 10.9. The Morgan fingerprint density at radius 1 is 1.12 bits per heavy atom. The molecule has 14 heteroatoms. The SMILES string of the molecule is COc1nc(N)nc2c1ncn2CCC(CO)COP(=O)(N[C@@H](C)C(=O)OCc1ccccc1)Oc1ccccc1. The van der Waals surface area contributed by atoms with E-state index in [4.69, 9.17) is 24.3 Å². The fourth-order valence-corrected chi connectivity index (χ4v) is 5.41. The molecule has 0 bridgehead atoms. The van der Waals surface area contributed by atoms with Crippen LogP contribution in [0.2, 0.25) is 0 Å². The van der Waals surface area contributed by atoms with E-state index in [9.17, 15) is 14.5 Å². The second-order valence-electron chi connectivity index (χ2n) is 9.18. The van der Waals surface area contributed by atoms with Gasteiger partial charge < -0.3 is 29.4 Å². The number of fused-ring (bicyclic) bond motifs is 1. The Kier molecular flexibility index (Phi) is 10.3. The maximum atomic E-state index is 13.8. The second kappa shape index (κ2) is 14.0. The molecule has 4 N–H and O–H groups in total. The molecule has 0 aliphatic rings. The van der Waals surface area contributed by atoms with Crippen molar-refractivity contribution in [1.29, 1.82) is 0 Å². The first-order valence-corrected chi connectivity index (χ1v) is 14.4. The number of hydrogen-bond donors (Lipinski definition) is 3. The number of ether oxygens (including phenoxy) is 2. The average Bonchev–Trinajstić information content (AvgIpc) is 3.39. The fraction of sp³-hybridized carbons (Fsp3) is 0.333. The Bertz CT molecular complexity index is 1470. The Morgan fingerprint density at radius 3 is 2.51 bits per heavy atom. The van der Waals surface area contributed by atoms with Crippen molar-refractivity contribution < 1.29 is 33.0 Å². The van der Waals surface area contributed by atoms with E-state index in [-0.39, 0.29) is 37.4 Å². The molecule has 4 aromatic rings. The van der Waals surface area contributed by atoms with E-state index < -0.39 is 25.7 Å². The van der Waals surface area contributed by atoms with E-state index in [2.05, 4.69) is 20.0 Å². The molecule has 2 heterocycles. The van der Waals surface area contributed by atoms with Gasteiger partial charge in [-0.3, -0.25) is 9.32 Å². The molecule has 2 aromatic heterocycles. The number of aliphatic hydroxyl groups is 1. The highest BCUT2D eigenvalue weighted by atomic mass is 31.2. The first kappa shape index (κ1) is 29.9. The molecule has 2 unspecified atom stereocenters. The molecular weight excluding hydrogens is 551 g/mol. The lowest BCUT2D eigenvalue weighted by molar-refractivity contribution is -0.146. The fourth-order valence-electron chi connectivity index (χ4n) is 3.85. The number of carbonyl (C=O) groups excluding carboxylic acids is 1. The number of methoxy groups -OCH3 is 1. The number of nitrogens with two attached hydrogens (primary N) is 1. The molecule has 0 saturated carbocycles. The Labute approximate surface area is 237 Å². The van der Waals surface area contributed by atoms with E-state index in [1.807, 2.05) is 30.3 Å². The van der Waals surface area contributed by atoms with Gasteiger partial charge in [0.15, 0.2) is 11.2 Å². The Hall–Kier alpha value is -4.03. The van der Waals surface area contributed by atoms with Crippen LogP contribution in [0.1, 0.15) is 18.9 Å². The number of aryl methyl sites for hydroxylation is 1. The summed E-state index contributed by atoms with van der Waals surface area (Å²) in [7, 11) is -2.62. The predicted molar refractivity (Wildman–Crippen MR) is 151 cm³/mol. The average molecular weight is 585 g/mol. The van der Waals surface area contributed by atoms with Crippen molar-refractivity contribution in [3.8, 4) is 11.6 Å². The van der Waals surface area contributed by atoms with Crippen molar-refractivity contribution >= 4 is 30.8 Å². The first-order chi connectivity index (χ1) is 19.8. The van der Waals surface area contributed by atoms with Crippen LogP contribution in [0.4, 0.5) is 5.95 Å². The number of aromatic nitrogens is 4. The lowest BCUT2D eigenvalue weighted by Crippen LogP contribution is -2.35. The topological polar surface area (TPSA) is 173 Å². The van der Waals surface area contributed by atoms with E-state index in [0.29, 0.717) is 24.1 Å². The number of hydrogen-bond acceptors (Lipinski definition) is 11. The molecule has 0 aliphatic carbocycles. The van der Waals surface area contributed by atoms with Gasteiger partial charge in [0.05, 0.1) is 20.0 Å². The van der Waals surface area contributed by atoms with Crippen molar-refractivity contribution in [2.24, 2.45) is 5.92 Å². The summed E-state index contributed by atoms with van der Waals surface area (Å²) in [6, 6.07) is 16.6. The van der Waals surface area contributed by atoms with E-state index in [1.165, 1.54) is 14.0 Å². The highest BCUT2D eigenvalue weighted by molar-refractivity contribution is 7.52. The maximum Gasteiger partial charge on any atom is 0.459 e. The monoisotopic (exact) mass is 584 g/mol. The summed E-state index contributed by atoms with van der Waals surface area (Å²) >= 11 is 0. The number of nitrogen functional groups attached to an aromatic ring is 1. The number of carbonyl (C=O) groups is 1. The molecule has 218 valence electrons. The minimum Gasteiger partial charge on any atom is -0.479 e. The van der Waals surface area contributed by atoms with Gasteiger partial charge in [-0.25, -0.2) is 9.55 Å². The number of esters is 1. The quantitative estimate of drug-likeness (QED) is 0.138. The minimum atomic E-state index is -4.09. The van der Waals surface area contributed by atoms with Gasteiger partial charge in [0, 0.05) is 19.1 Å². The normalized spacial score (nSPS) is 14.2. The van der Waals surface area contributed by atoms with Gasteiger partial charge in [-0.2, -0.15) is 15.1 Å². The minimum absolute atomic E-state index is 0.0413. The number of benzene rings is 2. The predicted octanol–water partition coefficient (Wildman–Crippen LogP) is 3.34. The zero-order chi connectivity index (χ0) is 29.2. The standard InChI is InChI=1S/C27H33N6O7P/c1-19(26(35)38-16-20-9-5-3-6-10-20)32-41(36,40-22-11-7-4-8-12-22)39-17-21(15-34)13-14-33-18-29-23-24(33)30-27(28)31-25(23)37-2/h3-12,18-19,21,34H,13-17H2,1-2H3,(H,32,36)(H2,28,30,31)/t19-,21?,41?/m0/s1. The molecule has 41 heavy (non-hydrogen) atoms. The third-order valence-corrected chi connectivity index (χ3v) is 7.70. The molecule has 3 atom stereocenters. The van der Waals surface area contributed by atoms with Crippen molar-refractivity contribution in [2.45, 2.75) is 32.5 Å². The number of imidazole rings is 1. The molecule has 0 saturated heterocycles.